The van der Waals surface area contributed by atoms with E-state index < -0.39 is 0 Å². The summed E-state index contributed by atoms with van der Waals surface area (Å²) in [6.45, 7) is 3.07. The van der Waals surface area contributed by atoms with E-state index in [2.05, 4.69) is 28.4 Å². The van der Waals surface area contributed by atoms with E-state index in [9.17, 15) is 0 Å². The van der Waals surface area contributed by atoms with Crippen molar-refractivity contribution < 1.29 is 0 Å². The molecular formula is C14H21N5. The number of anilines is 1. The van der Waals surface area contributed by atoms with E-state index in [1.54, 1.807) is 6.33 Å². The van der Waals surface area contributed by atoms with E-state index in [1.165, 1.54) is 18.4 Å². The van der Waals surface area contributed by atoms with Crippen molar-refractivity contribution in [3.8, 4) is 0 Å². The largest absolute Gasteiger partial charge is 0.370 e. The first kappa shape index (κ1) is 12.4. The summed E-state index contributed by atoms with van der Waals surface area (Å²) in [7, 11) is 0. The van der Waals surface area contributed by atoms with Crippen LogP contribution in [0.15, 0.2) is 18.5 Å². The van der Waals surface area contributed by atoms with Gasteiger partial charge in [-0.05, 0) is 56.2 Å². The summed E-state index contributed by atoms with van der Waals surface area (Å²) in [6.07, 6.45) is 6.35. The Hall–Kier alpha value is -1.62. The second kappa shape index (κ2) is 5.17. The molecule has 102 valence electrons. The van der Waals surface area contributed by atoms with Gasteiger partial charge in [-0.15, -0.1) is 0 Å². The number of pyridine rings is 1. The van der Waals surface area contributed by atoms with Crippen LogP contribution in [0.2, 0.25) is 0 Å². The average Bonchev–Trinajstić information content (AvgIpc) is 2.85. The zero-order valence-electron chi connectivity index (χ0n) is 11.3. The second-order valence-corrected chi connectivity index (χ2v) is 5.61. The van der Waals surface area contributed by atoms with Crippen LogP contribution in [0.25, 0.3) is 5.65 Å². The van der Waals surface area contributed by atoms with Gasteiger partial charge in [-0.25, -0.2) is 4.98 Å². The summed E-state index contributed by atoms with van der Waals surface area (Å²) in [4.78, 5) is 4.24. The van der Waals surface area contributed by atoms with E-state index in [0.717, 1.165) is 36.8 Å². The Morgan fingerprint density at radius 2 is 2.11 bits per heavy atom. The predicted octanol–water partition coefficient (Wildman–Crippen LogP) is 1.97. The molecule has 0 aliphatic heterocycles. The topological polar surface area (TPSA) is 68.2 Å². The summed E-state index contributed by atoms with van der Waals surface area (Å²) >= 11 is 0. The van der Waals surface area contributed by atoms with Gasteiger partial charge in [-0.1, -0.05) is 0 Å². The number of nitrogens with two attached hydrogens (primary N) is 1. The lowest BCUT2D eigenvalue weighted by Gasteiger charge is -2.26. The van der Waals surface area contributed by atoms with Gasteiger partial charge in [0.15, 0.2) is 5.65 Å². The zero-order valence-corrected chi connectivity index (χ0v) is 11.3. The Morgan fingerprint density at radius 1 is 1.32 bits per heavy atom. The molecule has 5 nitrogen and oxygen atoms in total. The summed E-state index contributed by atoms with van der Waals surface area (Å²) in [6, 6.07) is 4.57. The maximum absolute atomic E-state index is 5.94. The molecule has 0 unspecified atom stereocenters. The molecule has 0 radical (unpaired) electrons. The first-order valence-corrected chi connectivity index (χ1v) is 7.02. The molecule has 2 aromatic rings. The molecule has 0 amide bonds. The molecule has 3 N–H and O–H groups in total. The number of nitrogens with zero attached hydrogens (tertiary/aromatic N) is 3. The van der Waals surface area contributed by atoms with E-state index in [0.29, 0.717) is 6.04 Å². The van der Waals surface area contributed by atoms with Crippen molar-refractivity contribution in [2.45, 2.75) is 38.6 Å². The van der Waals surface area contributed by atoms with Gasteiger partial charge in [0, 0.05) is 12.6 Å². The third-order valence-corrected chi connectivity index (χ3v) is 3.99. The molecule has 0 saturated heterocycles. The van der Waals surface area contributed by atoms with Gasteiger partial charge >= 0.3 is 0 Å². The first-order valence-electron chi connectivity index (χ1n) is 7.02. The first-order chi connectivity index (χ1) is 9.22. The molecule has 0 aromatic carbocycles. The van der Waals surface area contributed by atoms with Crippen LogP contribution in [0.1, 0.15) is 31.2 Å². The van der Waals surface area contributed by atoms with Crippen molar-refractivity contribution in [1.29, 1.82) is 0 Å². The fourth-order valence-electron chi connectivity index (χ4n) is 2.82. The number of aromatic nitrogens is 3. The Bertz CT molecular complexity index is 554. The summed E-state index contributed by atoms with van der Waals surface area (Å²) in [5.41, 5.74) is 8.04. The Labute approximate surface area is 113 Å². The number of hydrogen-bond acceptors (Lipinski definition) is 4. The molecule has 1 saturated carbocycles. The Morgan fingerprint density at radius 3 is 2.89 bits per heavy atom. The standard InChI is InChI=1S/C14H21N5/c1-10-6-13(19-14(7-10)17-9-18-19)16-8-11-2-4-12(15)5-3-11/h6-7,9,11-12,16H,2-5,8,15H2,1H3. The smallest absolute Gasteiger partial charge is 0.157 e. The molecule has 1 aliphatic carbocycles. The van der Waals surface area contributed by atoms with E-state index in [-0.39, 0.29) is 0 Å². The molecule has 2 aromatic heterocycles. The molecule has 19 heavy (non-hydrogen) atoms. The number of nitrogens with one attached hydrogen (secondary N) is 1. The third kappa shape index (κ3) is 2.71. The van der Waals surface area contributed by atoms with Crippen LogP contribution in [0.3, 0.4) is 0 Å². The lowest BCUT2D eigenvalue weighted by molar-refractivity contribution is 0.338. The minimum absolute atomic E-state index is 0.414. The van der Waals surface area contributed by atoms with Crippen LogP contribution in [-0.4, -0.2) is 27.2 Å². The fourth-order valence-corrected chi connectivity index (χ4v) is 2.82. The lowest BCUT2D eigenvalue weighted by atomic mass is 9.86. The highest BCUT2D eigenvalue weighted by atomic mass is 15.3. The molecule has 5 heteroatoms. The van der Waals surface area contributed by atoms with Crippen molar-refractivity contribution in [3.05, 3.63) is 24.0 Å². The summed E-state index contributed by atoms with van der Waals surface area (Å²) in [5, 5.41) is 7.78. The average molecular weight is 259 g/mol. The van der Waals surface area contributed by atoms with E-state index in [4.69, 9.17) is 5.73 Å². The van der Waals surface area contributed by atoms with Crippen LogP contribution in [0, 0.1) is 12.8 Å². The van der Waals surface area contributed by atoms with Crippen LogP contribution in [0.4, 0.5) is 5.82 Å². The minimum atomic E-state index is 0.414. The summed E-state index contributed by atoms with van der Waals surface area (Å²) in [5.74, 6) is 1.75. The van der Waals surface area contributed by atoms with Gasteiger partial charge in [-0.2, -0.15) is 9.61 Å². The maximum Gasteiger partial charge on any atom is 0.157 e. The molecule has 2 heterocycles. The SMILES string of the molecule is Cc1cc(NCC2CCC(N)CC2)n2ncnc2c1. The number of rotatable bonds is 3. The highest BCUT2D eigenvalue weighted by Gasteiger charge is 2.18. The van der Waals surface area contributed by atoms with Gasteiger partial charge in [-0.3, -0.25) is 0 Å². The van der Waals surface area contributed by atoms with Crippen molar-refractivity contribution >= 4 is 11.5 Å². The van der Waals surface area contributed by atoms with Crippen LogP contribution < -0.4 is 11.1 Å². The maximum atomic E-state index is 5.94. The van der Waals surface area contributed by atoms with Gasteiger partial charge in [0.2, 0.25) is 0 Å². The summed E-state index contributed by atoms with van der Waals surface area (Å²) < 4.78 is 1.86. The third-order valence-electron chi connectivity index (χ3n) is 3.99. The van der Waals surface area contributed by atoms with Gasteiger partial charge in [0.1, 0.15) is 12.1 Å². The van der Waals surface area contributed by atoms with Gasteiger partial charge < -0.3 is 11.1 Å². The molecule has 1 fully saturated rings. The molecule has 0 spiro atoms. The van der Waals surface area contributed by atoms with Crippen molar-refractivity contribution in [2.75, 3.05) is 11.9 Å². The van der Waals surface area contributed by atoms with Crippen molar-refractivity contribution in [1.82, 2.24) is 14.6 Å². The minimum Gasteiger partial charge on any atom is -0.370 e. The number of aryl methyl sites for hydroxylation is 1. The monoisotopic (exact) mass is 259 g/mol. The van der Waals surface area contributed by atoms with Crippen LogP contribution in [0.5, 0.6) is 0 Å². The predicted molar refractivity (Wildman–Crippen MR) is 76.1 cm³/mol. The van der Waals surface area contributed by atoms with E-state index in [1.807, 2.05) is 10.6 Å². The molecular weight excluding hydrogens is 238 g/mol. The second-order valence-electron chi connectivity index (χ2n) is 5.61. The van der Waals surface area contributed by atoms with Crippen molar-refractivity contribution in [3.63, 3.8) is 0 Å². The van der Waals surface area contributed by atoms with Gasteiger partial charge in [0.25, 0.3) is 0 Å². The van der Waals surface area contributed by atoms with Gasteiger partial charge in [0.05, 0.1) is 0 Å². The zero-order chi connectivity index (χ0) is 13.2. The normalized spacial score (nSPS) is 23.7. The fraction of sp³-hybridized carbons (Fsp3) is 0.571. The van der Waals surface area contributed by atoms with E-state index >= 15 is 0 Å². The molecule has 0 bridgehead atoms. The highest BCUT2D eigenvalue weighted by Crippen LogP contribution is 2.23. The molecule has 3 rings (SSSR count). The van der Waals surface area contributed by atoms with Crippen LogP contribution in [-0.2, 0) is 0 Å². The number of fused-ring (bicyclic) bond motifs is 1. The quantitative estimate of drug-likeness (QED) is 0.884. The molecule has 0 atom stereocenters. The van der Waals surface area contributed by atoms with Crippen molar-refractivity contribution in [2.24, 2.45) is 11.7 Å². The highest BCUT2D eigenvalue weighted by molar-refractivity contribution is 5.51. The molecule has 1 aliphatic rings. The van der Waals surface area contributed by atoms with Crippen LogP contribution >= 0.6 is 0 Å². The Balaban J connectivity index is 1.69. The number of hydrogen-bond donors (Lipinski definition) is 2. The lowest BCUT2D eigenvalue weighted by Crippen LogP contribution is -2.29. The Kier molecular flexibility index (Phi) is 3.38.